The summed E-state index contributed by atoms with van der Waals surface area (Å²) in [4.78, 5) is 62.2. The fourth-order valence-electron chi connectivity index (χ4n) is 14.4. The molecule has 8 aromatic carbocycles. The third-order valence-corrected chi connectivity index (χ3v) is 20.6. The minimum atomic E-state index is -4.71. The standard InChI is InChI=1S/C20H13F6N5O.C20H16F3N5O.C19H12F5N5O.C19H13F4N5O.C17H13F6N5/c21-19(22,23)11-32-13-6-4-12(5-7-13)28-15-10-27-9-14(29-15)17-18(20(24,25)26)30-16-3-1-2-8-31(16)17;1-12-25-16-8-7-15(29-2)9-17(16)28(12)19-11-24-10-18(27-19)26-14-5-3-13(4-6-14)20(21,22)23;1-9-26-14-5-11(20)12(21)6-15(14)29(9)18-8-25-7-17(28-18)27-10-2-3-16(13(22)4-10)30-19(23)24;1-10-25-14-4-2-11(20)6-15(14)28(10)18-9-24-8-17(27-18)26-12-3-5-16(13(21)7-12)29-19(22)23;1-9-15(17(21,22)23)25-10(2)28(9)14-8-24-7-13(27-14)26-12-5-3-11(4-6-12)16(18,19)20/h1-10H,11H2,(H,28,29);3-11H,1-2H3,(H,26,27);2-8,19H,1H3,(H,27,28);2-9,19H,1H3,(H,26,27);3-8H,1-2H3,(H,26,27). The zero-order chi connectivity index (χ0) is 106. The van der Waals surface area contributed by atoms with Crippen LogP contribution in [0.3, 0.4) is 0 Å². The van der Waals surface area contributed by atoms with Gasteiger partial charge in [0, 0.05) is 71.0 Å². The molecule has 0 atom stereocenters. The summed E-state index contributed by atoms with van der Waals surface area (Å²) in [5, 5.41) is 14.2. The molecule has 0 aliphatic carbocycles. The topological polar surface area (TPSA) is 315 Å². The number of aromatic nitrogens is 20. The van der Waals surface area contributed by atoms with Crippen LogP contribution in [0.25, 0.3) is 73.4 Å². The lowest BCUT2D eigenvalue weighted by atomic mass is 10.2. The molecular formula is C95H67F24N25O4. The van der Waals surface area contributed by atoms with Gasteiger partial charge < -0.3 is 45.5 Å². The Morgan fingerprint density at radius 3 is 1.14 bits per heavy atom. The number of halogens is 24. The lowest BCUT2D eigenvalue weighted by Crippen LogP contribution is -2.19. The zero-order valence-corrected chi connectivity index (χ0v) is 76.1. The lowest BCUT2D eigenvalue weighted by Gasteiger charge is -2.11. The third-order valence-electron chi connectivity index (χ3n) is 20.6. The van der Waals surface area contributed by atoms with Crippen LogP contribution in [0.2, 0.25) is 0 Å². The fraction of sp³-hybridized carbons (Fsp3) is 0.147. The molecule has 0 amide bonds. The number of benzene rings is 8. The van der Waals surface area contributed by atoms with Crippen LogP contribution in [-0.2, 0) is 24.7 Å². The minimum absolute atomic E-state index is 0.00765. The van der Waals surface area contributed by atoms with Gasteiger partial charge in [-0.05, 0) is 168 Å². The Hall–Kier alpha value is -18.0. The number of rotatable bonds is 22. The van der Waals surface area contributed by atoms with Gasteiger partial charge >= 0.3 is 44.1 Å². The van der Waals surface area contributed by atoms with Crippen LogP contribution in [0, 0.1) is 63.7 Å². The van der Waals surface area contributed by atoms with Crippen molar-refractivity contribution in [2.24, 2.45) is 0 Å². The summed E-state index contributed by atoms with van der Waals surface area (Å²) in [6, 6.07) is 37.6. The molecule has 764 valence electrons. The van der Waals surface area contributed by atoms with Crippen LogP contribution in [-0.4, -0.2) is 131 Å². The Labute approximate surface area is 816 Å². The average Bonchev–Trinajstić information content (AvgIpc) is 1.64. The second-order valence-electron chi connectivity index (χ2n) is 31.0. The molecule has 29 nitrogen and oxygen atoms in total. The summed E-state index contributed by atoms with van der Waals surface area (Å²) in [6.45, 7) is 0.209. The molecule has 11 heterocycles. The Morgan fingerprint density at radius 2 is 0.716 bits per heavy atom. The number of pyridine rings is 1. The van der Waals surface area contributed by atoms with Crippen LogP contribution in [0.1, 0.15) is 51.5 Å². The van der Waals surface area contributed by atoms with Gasteiger partial charge in [0.05, 0.1) is 119 Å². The highest BCUT2D eigenvalue weighted by molar-refractivity contribution is 5.81. The number of alkyl halides is 19. The molecule has 0 aliphatic rings. The highest BCUT2D eigenvalue weighted by atomic mass is 19.4. The molecule has 0 spiro atoms. The number of hydrogen-bond donors (Lipinski definition) is 5. The molecule has 0 bridgehead atoms. The molecule has 0 unspecified atom stereocenters. The van der Waals surface area contributed by atoms with Crippen molar-refractivity contribution < 1.29 is 124 Å². The van der Waals surface area contributed by atoms with Crippen molar-refractivity contribution in [1.82, 2.24) is 97.4 Å². The van der Waals surface area contributed by atoms with E-state index < -0.39 is 114 Å². The van der Waals surface area contributed by atoms with E-state index in [-0.39, 0.29) is 91.6 Å². The smallest absolute Gasteiger partial charge is 0.435 e. The van der Waals surface area contributed by atoms with Crippen molar-refractivity contribution in [1.29, 1.82) is 0 Å². The molecule has 5 N–H and O–H groups in total. The minimum Gasteiger partial charge on any atom is -0.497 e. The summed E-state index contributed by atoms with van der Waals surface area (Å²) >= 11 is 0. The number of imidazole rings is 5. The molecule has 19 rings (SSSR count). The monoisotopic (exact) mass is 2080 g/mol. The van der Waals surface area contributed by atoms with E-state index in [1.54, 1.807) is 49.9 Å². The number of anilines is 10. The molecule has 19 aromatic rings. The Kier molecular flexibility index (Phi) is 30.5. The average molecular weight is 2080 g/mol. The maximum absolute atomic E-state index is 13.9. The first-order valence-electron chi connectivity index (χ1n) is 42.4. The highest BCUT2D eigenvalue weighted by Gasteiger charge is 2.41. The van der Waals surface area contributed by atoms with Crippen molar-refractivity contribution in [2.45, 2.75) is 78.7 Å². The molecule has 0 aliphatic heterocycles. The number of ether oxygens (including phenoxy) is 4. The summed E-state index contributed by atoms with van der Waals surface area (Å²) < 4.78 is 336. The van der Waals surface area contributed by atoms with Crippen LogP contribution in [0.5, 0.6) is 23.0 Å². The van der Waals surface area contributed by atoms with E-state index in [4.69, 9.17) is 4.74 Å². The van der Waals surface area contributed by atoms with Gasteiger partial charge in [0.15, 0.2) is 99.3 Å². The Morgan fingerprint density at radius 1 is 0.331 bits per heavy atom. The molecule has 0 saturated heterocycles. The van der Waals surface area contributed by atoms with Crippen LogP contribution in [0.4, 0.5) is 163 Å². The van der Waals surface area contributed by atoms with Crippen molar-refractivity contribution in [3.8, 4) is 57.7 Å². The summed E-state index contributed by atoms with van der Waals surface area (Å²) in [6.07, 6.45) is -7.42. The normalized spacial score (nSPS) is 11.7. The number of hydrogen-bond acceptors (Lipinski definition) is 24. The van der Waals surface area contributed by atoms with Gasteiger partial charge in [-0.15, -0.1) is 0 Å². The van der Waals surface area contributed by atoms with Crippen molar-refractivity contribution >= 4 is 96.3 Å². The third kappa shape index (κ3) is 25.4. The molecule has 11 aromatic heterocycles. The first-order chi connectivity index (χ1) is 70.1. The Balaban J connectivity index is 0.000000139. The molecule has 148 heavy (non-hydrogen) atoms. The number of methoxy groups -OCH3 is 1. The van der Waals surface area contributed by atoms with Gasteiger partial charge in [0.2, 0.25) is 0 Å². The molecule has 0 radical (unpaired) electrons. The van der Waals surface area contributed by atoms with Gasteiger partial charge in [-0.2, -0.15) is 83.4 Å². The molecule has 0 saturated carbocycles. The quantitative estimate of drug-likeness (QED) is 0.0394. The van der Waals surface area contributed by atoms with Crippen molar-refractivity contribution in [3.63, 3.8) is 0 Å². The highest BCUT2D eigenvalue weighted by Crippen LogP contribution is 2.41. The predicted molar refractivity (Wildman–Crippen MR) is 489 cm³/mol. The lowest BCUT2D eigenvalue weighted by molar-refractivity contribution is -0.153. The van der Waals surface area contributed by atoms with E-state index in [0.29, 0.717) is 68.8 Å². The number of fused-ring (bicyclic) bond motifs is 4. The first kappa shape index (κ1) is 104. The van der Waals surface area contributed by atoms with E-state index in [0.717, 1.165) is 71.7 Å². The van der Waals surface area contributed by atoms with E-state index >= 15 is 0 Å². The largest absolute Gasteiger partial charge is 0.497 e. The van der Waals surface area contributed by atoms with Gasteiger partial charge in [-0.1, -0.05) is 6.07 Å². The van der Waals surface area contributed by atoms with Crippen molar-refractivity contribution in [3.05, 3.63) is 325 Å². The predicted octanol–water partition coefficient (Wildman–Crippen LogP) is 25.1. The second kappa shape index (κ2) is 43.3. The van der Waals surface area contributed by atoms with Crippen LogP contribution in [0.15, 0.2) is 244 Å². The summed E-state index contributed by atoms with van der Waals surface area (Å²) in [5.74, 6) is -0.701. The molecular weight excluding hydrogens is 2010 g/mol. The second-order valence-corrected chi connectivity index (χ2v) is 31.0. The van der Waals surface area contributed by atoms with E-state index in [1.807, 2.05) is 29.7 Å². The first-order valence-corrected chi connectivity index (χ1v) is 42.4. The maximum atomic E-state index is 13.9. The van der Waals surface area contributed by atoms with E-state index in [1.165, 1.54) is 168 Å². The van der Waals surface area contributed by atoms with Gasteiger partial charge in [-0.25, -0.2) is 71.8 Å². The fourth-order valence-corrected chi connectivity index (χ4v) is 14.4. The SMILES string of the molecule is COc1ccc2nc(C)n(-c3cncc(Nc4ccc(C(F)(F)F)cc4)n3)c2c1.Cc1nc(C(F)(F)F)c(C)n1-c1cncc(Nc2ccc(C(F)(F)F)cc2)n1.Cc1nc2cc(F)c(F)cc2n1-c1cncc(Nc2ccc(OC(F)F)c(F)c2)n1.Cc1nc2ccc(F)cc2n1-c1cncc(Nc2ccc(OC(F)F)c(F)c2)n1.FC(F)(F)COc1ccc(Nc2cncc(-c3c(C(F)(F)F)nc4ccccn34)n2)cc1. The Bertz CT molecular complexity index is 7980. The van der Waals surface area contributed by atoms with Gasteiger partial charge in [0.25, 0.3) is 0 Å². The summed E-state index contributed by atoms with van der Waals surface area (Å²) in [7, 11) is 1.59. The van der Waals surface area contributed by atoms with Gasteiger partial charge in [0.1, 0.15) is 63.5 Å². The van der Waals surface area contributed by atoms with E-state index in [2.05, 4.69) is 116 Å². The summed E-state index contributed by atoms with van der Waals surface area (Å²) in [5.41, 5.74) is 0.909. The van der Waals surface area contributed by atoms with Crippen molar-refractivity contribution in [2.75, 3.05) is 40.3 Å². The molecule has 53 heteroatoms. The molecule has 0 fully saturated rings. The zero-order valence-electron chi connectivity index (χ0n) is 76.1. The number of aryl methyl sites for hydroxylation is 4. The maximum Gasteiger partial charge on any atom is 0.435 e. The van der Waals surface area contributed by atoms with E-state index in [9.17, 15) is 105 Å². The van der Waals surface area contributed by atoms with Crippen LogP contribution < -0.4 is 45.5 Å². The number of nitrogens with one attached hydrogen (secondary N) is 5. The number of nitrogens with zero attached hydrogens (tertiary/aromatic N) is 20. The van der Waals surface area contributed by atoms with Gasteiger partial charge in [-0.3, -0.25) is 47.6 Å². The van der Waals surface area contributed by atoms with Crippen LogP contribution >= 0.6 is 0 Å².